The van der Waals surface area contributed by atoms with Crippen molar-refractivity contribution in [2.45, 2.75) is 33.1 Å². The molecule has 4 nitrogen and oxygen atoms in total. The van der Waals surface area contributed by atoms with E-state index in [1.807, 2.05) is 19.9 Å². The molecule has 0 N–H and O–H groups in total. The first-order valence-electron chi connectivity index (χ1n) is 6.42. The Hall–Kier alpha value is -1.84. The van der Waals surface area contributed by atoms with Crippen LogP contribution in [0.2, 0.25) is 0 Å². The van der Waals surface area contributed by atoms with E-state index in [0.29, 0.717) is 18.4 Å². The number of allylic oxidation sites excluding steroid dienone is 3. The molecule has 0 aromatic rings. The van der Waals surface area contributed by atoms with E-state index >= 15 is 0 Å². The fraction of sp³-hybridized carbons (Fsp3) is 0.467. The molecule has 0 heterocycles. The fourth-order valence-corrected chi connectivity index (χ4v) is 1.20. The van der Waals surface area contributed by atoms with Crippen LogP contribution in [0.3, 0.4) is 0 Å². The Kier molecular flexibility index (Phi) is 10.2. The van der Waals surface area contributed by atoms with E-state index in [1.165, 1.54) is 6.08 Å². The quantitative estimate of drug-likeness (QED) is 0.279. The highest BCUT2D eigenvalue weighted by molar-refractivity contribution is 5.87. The Morgan fingerprint density at radius 1 is 1.16 bits per heavy atom. The average molecular weight is 266 g/mol. The normalized spacial score (nSPS) is 10.8. The van der Waals surface area contributed by atoms with E-state index in [2.05, 4.69) is 6.58 Å². The molecule has 4 heteroatoms. The molecule has 0 aromatic heterocycles. The molecule has 0 aliphatic rings. The van der Waals surface area contributed by atoms with Gasteiger partial charge in [-0.05, 0) is 13.3 Å². The highest BCUT2D eigenvalue weighted by Gasteiger charge is 2.06. The minimum Gasteiger partial charge on any atom is -0.462 e. The van der Waals surface area contributed by atoms with E-state index in [4.69, 9.17) is 9.47 Å². The van der Waals surface area contributed by atoms with Crippen LogP contribution in [0.1, 0.15) is 33.1 Å². The van der Waals surface area contributed by atoms with Gasteiger partial charge in [-0.25, -0.2) is 9.59 Å². The lowest BCUT2D eigenvalue weighted by Crippen LogP contribution is -2.11. The maximum atomic E-state index is 11.4. The van der Waals surface area contributed by atoms with E-state index in [1.54, 1.807) is 12.2 Å². The number of esters is 2. The largest absolute Gasteiger partial charge is 0.462 e. The molecule has 0 aliphatic carbocycles. The SMILES string of the molecule is C=C(CCC)C(=O)OCCCOC(=O)/C=C/C=C/C. The third-order valence-corrected chi connectivity index (χ3v) is 2.14. The topological polar surface area (TPSA) is 52.6 Å². The van der Waals surface area contributed by atoms with E-state index in [9.17, 15) is 9.59 Å². The highest BCUT2D eigenvalue weighted by Crippen LogP contribution is 2.04. The Bertz CT molecular complexity index is 353. The Balaban J connectivity index is 3.62. The number of ether oxygens (including phenoxy) is 2. The minimum absolute atomic E-state index is 0.229. The lowest BCUT2D eigenvalue weighted by molar-refractivity contribution is -0.141. The summed E-state index contributed by atoms with van der Waals surface area (Å²) in [5.74, 6) is -0.777. The van der Waals surface area contributed by atoms with Gasteiger partial charge in [-0.2, -0.15) is 0 Å². The van der Waals surface area contributed by atoms with E-state index in [-0.39, 0.29) is 19.2 Å². The Morgan fingerprint density at radius 2 is 1.84 bits per heavy atom. The predicted molar refractivity (Wildman–Crippen MR) is 74.5 cm³/mol. The van der Waals surface area contributed by atoms with Crippen molar-refractivity contribution in [1.82, 2.24) is 0 Å². The van der Waals surface area contributed by atoms with Gasteiger partial charge in [0.05, 0.1) is 13.2 Å². The summed E-state index contributed by atoms with van der Waals surface area (Å²) in [4.78, 5) is 22.5. The zero-order chi connectivity index (χ0) is 14.5. The van der Waals surface area contributed by atoms with E-state index < -0.39 is 5.97 Å². The van der Waals surface area contributed by atoms with Gasteiger partial charge in [0.15, 0.2) is 0 Å². The molecule has 19 heavy (non-hydrogen) atoms. The first-order valence-corrected chi connectivity index (χ1v) is 6.42. The minimum atomic E-state index is -0.403. The van der Waals surface area contributed by atoms with Crippen LogP contribution in [0.5, 0.6) is 0 Å². The fourth-order valence-electron chi connectivity index (χ4n) is 1.20. The molecule has 0 aliphatic heterocycles. The first kappa shape index (κ1) is 17.2. The van der Waals surface area contributed by atoms with Crippen molar-refractivity contribution < 1.29 is 19.1 Å². The molecular weight excluding hydrogens is 244 g/mol. The summed E-state index contributed by atoms with van der Waals surface area (Å²) in [6.07, 6.45) is 8.49. The average Bonchev–Trinajstić information content (AvgIpc) is 2.38. The summed E-state index contributed by atoms with van der Waals surface area (Å²) in [6.45, 7) is 7.93. The van der Waals surface area contributed by atoms with Gasteiger partial charge in [0, 0.05) is 18.1 Å². The van der Waals surface area contributed by atoms with Crippen molar-refractivity contribution in [3.05, 3.63) is 36.5 Å². The molecule has 0 unspecified atom stereocenters. The van der Waals surface area contributed by atoms with Gasteiger partial charge in [-0.3, -0.25) is 0 Å². The maximum absolute atomic E-state index is 11.4. The number of hydrogen-bond donors (Lipinski definition) is 0. The number of hydrogen-bond acceptors (Lipinski definition) is 4. The van der Waals surface area contributed by atoms with Crippen molar-refractivity contribution in [2.24, 2.45) is 0 Å². The van der Waals surface area contributed by atoms with Crippen LogP contribution in [0.15, 0.2) is 36.5 Å². The standard InChI is InChI=1S/C15H22O4/c1-4-6-7-10-14(16)18-11-8-12-19-15(17)13(3)9-5-2/h4,6-7,10H,3,5,8-9,11-12H2,1-2H3/b6-4+,10-7+. The second-order valence-electron chi connectivity index (χ2n) is 3.90. The summed E-state index contributed by atoms with van der Waals surface area (Å²) in [6, 6.07) is 0. The molecule has 0 saturated carbocycles. The van der Waals surface area contributed by atoms with Gasteiger partial charge in [0.2, 0.25) is 0 Å². The van der Waals surface area contributed by atoms with Crippen LogP contribution in [0, 0.1) is 0 Å². The van der Waals surface area contributed by atoms with Gasteiger partial charge in [-0.15, -0.1) is 0 Å². The van der Waals surface area contributed by atoms with Crippen LogP contribution in [0.4, 0.5) is 0 Å². The molecule has 0 aromatic carbocycles. The van der Waals surface area contributed by atoms with Crippen molar-refractivity contribution in [2.75, 3.05) is 13.2 Å². The van der Waals surface area contributed by atoms with Crippen LogP contribution in [-0.4, -0.2) is 25.2 Å². The molecule has 0 rings (SSSR count). The third kappa shape index (κ3) is 9.83. The zero-order valence-electron chi connectivity index (χ0n) is 11.7. The number of carbonyl (C=O) groups excluding carboxylic acids is 2. The highest BCUT2D eigenvalue weighted by atomic mass is 16.5. The molecular formula is C15H22O4. The van der Waals surface area contributed by atoms with Crippen LogP contribution >= 0.6 is 0 Å². The zero-order valence-corrected chi connectivity index (χ0v) is 11.7. The van der Waals surface area contributed by atoms with Crippen LogP contribution < -0.4 is 0 Å². The van der Waals surface area contributed by atoms with E-state index in [0.717, 1.165) is 6.42 Å². The summed E-state index contributed by atoms with van der Waals surface area (Å²) >= 11 is 0. The van der Waals surface area contributed by atoms with Crippen LogP contribution in [-0.2, 0) is 19.1 Å². The molecule has 0 radical (unpaired) electrons. The van der Waals surface area contributed by atoms with Gasteiger partial charge >= 0.3 is 11.9 Å². The van der Waals surface area contributed by atoms with Crippen LogP contribution in [0.25, 0.3) is 0 Å². The van der Waals surface area contributed by atoms with Crippen molar-refractivity contribution in [1.29, 1.82) is 0 Å². The lowest BCUT2D eigenvalue weighted by atomic mass is 10.2. The van der Waals surface area contributed by atoms with Gasteiger partial charge in [-0.1, -0.05) is 38.2 Å². The predicted octanol–water partition coefficient (Wildman–Crippen LogP) is 2.95. The molecule has 0 atom stereocenters. The second-order valence-corrected chi connectivity index (χ2v) is 3.90. The summed E-state index contributed by atoms with van der Waals surface area (Å²) < 4.78 is 9.88. The third-order valence-electron chi connectivity index (χ3n) is 2.14. The molecule has 0 fully saturated rings. The van der Waals surface area contributed by atoms with Gasteiger partial charge in [0.1, 0.15) is 0 Å². The van der Waals surface area contributed by atoms with Crippen molar-refractivity contribution in [3.63, 3.8) is 0 Å². The second kappa shape index (κ2) is 11.3. The Morgan fingerprint density at radius 3 is 2.47 bits per heavy atom. The molecule has 0 bridgehead atoms. The maximum Gasteiger partial charge on any atom is 0.333 e. The smallest absolute Gasteiger partial charge is 0.333 e. The Labute approximate surface area is 114 Å². The molecule has 0 spiro atoms. The lowest BCUT2D eigenvalue weighted by Gasteiger charge is -2.06. The first-order chi connectivity index (χ1) is 9.11. The summed E-state index contributed by atoms with van der Waals surface area (Å²) in [7, 11) is 0. The molecule has 0 amide bonds. The monoisotopic (exact) mass is 266 g/mol. The summed E-state index contributed by atoms with van der Waals surface area (Å²) in [5, 5.41) is 0. The number of rotatable bonds is 9. The van der Waals surface area contributed by atoms with Gasteiger partial charge in [0.25, 0.3) is 0 Å². The molecule has 0 saturated heterocycles. The summed E-state index contributed by atoms with van der Waals surface area (Å²) in [5.41, 5.74) is 0.480. The molecule has 106 valence electrons. The van der Waals surface area contributed by atoms with Crippen molar-refractivity contribution in [3.8, 4) is 0 Å². The van der Waals surface area contributed by atoms with Crippen molar-refractivity contribution >= 4 is 11.9 Å². The van der Waals surface area contributed by atoms with Gasteiger partial charge < -0.3 is 9.47 Å². The number of carbonyl (C=O) groups is 2.